The number of cyclic esters (lactones) is 1. The van der Waals surface area contributed by atoms with E-state index in [9.17, 15) is 34.5 Å². The van der Waals surface area contributed by atoms with E-state index in [2.05, 4.69) is 46.4 Å². The molecule has 7 aromatic rings. The third kappa shape index (κ3) is 8.41. The number of hydrogen-bond donors (Lipinski definition) is 4. The highest BCUT2D eigenvalue weighted by Crippen LogP contribution is 2.44. The molecule has 3 aromatic heterocycles. The first kappa shape index (κ1) is 48.6. The molecule has 17 heteroatoms. The smallest absolute Gasteiger partial charge is 0.410 e. The van der Waals surface area contributed by atoms with Gasteiger partial charge >= 0.3 is 17.8 Å². The fraction of sp³-hybridized carbons (Fsp3) is 0.368. The monoisotopic (exact) mass is 1000 g/mol. The number of amides is 1. The summed E-state index contributed by atoms with van der Waals surface area (Å²) in [6, 6.07) is 22.3. The van der Waals surface area contributed by atoms with Gasteiger partial charge in [0.2, 0.25) is 0 Å². The number of likely N-dealkylation sites (tertiary alicyclic amines) is 1. The first-order chi connectivity index (χ1) is 35.5. The van der Waals surface area contributed by atoms with Gasteiger partial charge in [-0.3, -0.25) is 9.69 Å². The molecule has 1 unspecified atom stereocenters. The predicted octanol–water partition coefficient (Wildman–Crippen LogP) is 7.79. The minimum absolute atomic E-state index is 0.0137. The van der Waals surface area contributed by atoms with Crippen LogP contribution in [0.3, 0.4) is 0 Å². The second-order valence-corrected chi connectivity index (χ2v) is 20.9. The van der Waals surface area contributed by atoms with Gasteiger partial charge in [0.05, 0.1) is 40.3 Å². The number of aromatic amines is 1. The number of phenolic OH excluding ortho intramolecular Hbond substituents is 2. The van der Waals surface area contributed by atoms with Crippen LogP contribution in [0.15, 0.2) is 82.4 Å². The van der Waals surface area contributed by atoms with Crippen molar-refractivity contribution in [2.24, 2.45) is 5.92 Å². The quantitative estimate of drug-likeness (QED) is 0.0917. The molecule has 1 amide bonds. The summed E-state index contributed by atoms with van der Waals surface area (Å²) < 4.78 is 30.1. The van der Waals surface area contributed by atoms with Crippen LogP contribution < -0.4 is 11.2 Å². The van der Waals surface area contributed by atoms with E-state index in [1.165, 1.54) is 27.8 Å². The number of aromatic hydroxyl groups is 2. The van der Waals surface area contributed by atoms with Crippen LogP contribution in [0.1, 0.15) is 102 Å². The molecule has 0 spiro atoms. The lowest BCUT2D eigenvalue weighted by Gasteiger charge is -2.34. The average Bonchev–Trinajstić information content (AvgIpc) is 3.97. The number of nitrogens with one attached hydrogen (secondary N) is 1. The summed E-state index contributed by atoms with van der Waals surface area (Å²) >= 11 is 0. The molecule has 6 heterocycles. The Morgan fingerprint density at radius 1 is 0.919 bits per heavy atom. The van der Waals surface area contributed by atoms with E-state index in [4.69, 9.17) is 14.5 Å². The summed E-state index contributed by atoms with van der Waals surface area (Å²) in [5, 5.41) is 39.9. The van der Waals surface area contributed by atoms with E-state index < -0.39 is 35.3 Å². The van der Waals surface area contributed by atoms with Crippen molar-refractivity contribution in [3.05, 3.63) is 155 Å². The van der Waals surface area contributed by atoms with Gasteiger partial charge < -0.3 is 34.3 Å². The summed E-state index contributed by atoms with van der Waals surface area (Å²) in [5.41, 5.74) is 6.82. The summed E-state index contributed by atoms with van der Waals surface area (Å²) in [5.74, 6) is -0.810. The molecule has 0 saturated carbocycles. The lowest BCUT2D eigenvalue weighted by molar-refractivity contribution is -0.172. The van der Waals surface area contributed by atoms with E-state index in [0.29, 0.717) is 77.7 Å². The van der Waals surface area contributed by atoms with E-state index >= 15 is 4.39 Å². The Morgan fingerprint density at radius 3 is 2.28 bits per heavy atom. The zero-order valence-corrected chi connectivity index (χ0v) is 42.0. The Labute approximate surface area is 425 Å². The van der Waals surface area contributed by atoms with Gasteiger partial charge in [-0.25, -0.2) is 33.4 Å². The van der Waals surface area contributed by atoms with Crippen LogP contribution in [-0.2, 0) is 65.4 Å². The number of aromatic nitrogens is 5. The normalized spacial score (nSPS) is 18.2. The SMILES string of the molecule is CC[C@@]1(O)C(=O)OCc2c1cc1n(c2=O)Cc2c-1nc1cc(F)c(C)c3c1c2CC(OC(=O)N1CCC(Cc2ccc(CN(C)Cc4ccc(-n5c(-c6cc(C(C)C)c(O)cc6O)n[nH]c5=O)cc4)cc2)CC1)C3. The molecule has 382 valence electrons. The Hall–Kier alpha value is -7.63. The number of halogens is 1. The summed E-state index contributed by atoms with van der Waals surface area (Å²) in [6.07, 6.45) is 2.26. The zero-order chi connectivity index (χ0) is 51.9. The highest BCUT2D eigenvalue weighted by Gasteiger charge is 2.46. The molecule has 1 saturated heterocycles. The maximum absolute atomic E-state index is 15.6. The van der Waals surface area contributed by atoms with Crippen molar-refractivity contribution < 1.29 is 38.8 Å². The number of rotatable bonds is 11. The van der Waals surface area contributed by atoms with Gasteiger partial charge in [0.1, 0.15) is 30.0 Å². The Balaban J connectivity index is 0.699. The van der Waals surface area contributed by atoms with Gasteiger partial charge in [-0.2, -0.15) is 5.10 Å². The lowest BCUT2D eigenvalue weighted by Crippen LogP contribution is -2.44. The molecule has 1 fully saturated rings. The van der Waals surface area contributed by atoms with Crippen molar-refractivity contribution in [1.29, 1.82) is 0 Å². The van der Waals surface area contributed by atoms with Crippen molar-refractivity contribution >= 4 is 23.0 Å². The molecule has 3 aliphatic heterocycles. The average molecular weight is 1000 g/mol. The highest BCUT2D eigenvalue weighted by atomic mass is 19.1. The van der Waals surface area contributed by atoms with Crippen LogP contribution in [0.5, 0.6) is 11.5 Å². The third-order valence-corrected chi connectivity index (χ3v) is 15.7. The zero-order valence-electron chi connectivity index (χ0n) is 42.0. The minimum Gasteiger partial charge on any atom is -0.508 e. The summed E-state index contributed by atoms with van der Waals surface area (Å²) in [6.45, 7) is 9.69. The molecule has 16 nitrogen and oxygen atoms in total. The molecule has 11 rings (SSSR count). The molecule has 4 aliphatic rings. The second-order valence-electron chi connectivity index (χ2n) is 20.9. The predicted molar refractivity (Wildman–Crippen MR) is 274 cm³/mol. The Bertz CT molecular complexity index is 3540. The van der Waals surface area contributed by atoms with Crippen molar-refractivity contribution in [1.82, 2.24) is 34.1 Å². The van der Waals surface area contributed by atoms with Crippen molar-refractivity contribution in [3.8, 4) is 40.0 Å². The van der Waals surface area contributed by atoms with E-state index in [0.717, 1.165) is 53.4 Å². The van der Waals surface area contributed by atoms with Crippen molar-refractivity contribution in [2.75, 3.05) is 20.1 Å². The number of ether oxygens (including phenoxy) is 2. The highest BCUT2D eigenvalue weighted by molar-refractivity contribution is 5.93. The first-order valence-corrected chi connectivity index (χ1v) is 25.3. The molecule has 74 heavy (non-hydrogen) atoms. The number of carbonyl (C=O) groups is 2. The topological polar surface area (TPSA) is 205 Å². The fourth-order valence-corrected chi connectivity index (χ4v) is 11.6. The maximum atomic E-state index is 15.6. The van der Waals surface area contributed by atoms with Gasteiger partial charge in [0, 0.05) is 67.7 Å². The number of carbonyl (C=O) groups excluding carboxylic acids is 2. The van der Waals surface area contributed by atoms with Gasteiger partial charge in [-0.05, 0) is 115 Å². The number of esters is 1. The van der Waals surface area contributed by atoms with Crippen LogP contribution in [0.25, 0.3) is 39.4 Å². The number of piperidine rings is 1. The van der Waals surface area contributed by atoms with Gasteiger partial charge in [0.25, 0.3) is 5.56 Å². The number of aliphatic hydroxyl groups is 1. The number of pyridine rings is 2. The fourth-order valence-electron chi connectivity index (χ4n) is 11.6. The van der Waals surface area contributed by atoms with Crippen LogP contribution in [0.2, 0.25) is 0 Å². The van der Waals surface area contributed by atoms with Crippen molar-refractivity contribution in [3.63, 3.8) is 0 Å². The number of nitrogens with zero attached hydrogens (tertiary/aromatic N) is 6. The van der Waals surface area contributed by atoms with Gasteiger partial charge in [-0.1, -0.05) is 57.2 Å². The lowest BCUT2D eigenvalue weighted by atomic mass is 9.83. The second kappa shape index (κ2) is 18.7. The van der Waals surface area contributed by atoms with E-state index in [-0.39, 0.29) is 59.5 Å². The molecule has 0 radical (unpaired) electrons. The summed E-state index contributed by atoms with van der Waals surface area (Å²) in [7, 11) is 2.06. The number of hydrogen-bond acceptors (Lipinski definition) is 12. The van der Waals surface area contributed by atoms with Crippen LogP contribution in [0, 0.1) is 18.7 Å². The van der Waals surface area contributed by atoms with Gasteiger partial charge in [-0.15, -0.1) is 0 Å². The van der Waals surface area contributed by atoms with Gasteiger partial charge in [0.15, 0.2) is 11.4 Å². The summed E-state index contributed by atoms with van der Waals surface area (Å²) in [4.78, 5) is 62.4. The van der Waals surface area contributed by atoms with E-state index in [1.54, 1.807) is 35.4 Å². The number of benzene rings is 4. The Morgan fingerprint density at radius 2 is 1.59 bits per heavy atom. The molecule has 4 aromatic carbocycles. The number of H-pyrrole nitrogens is 1. The number of phenols is 2. The first-order valence-electron chi connectivity index (χ1n) is 25.3. The molecule has 4 N–H and O–H groups in total. The maximum Gasteiger partial charge on any atom is 0.410 e. The standard InChI is InChI=1S/C57H58FN7O9/c1-6-57(72)44-23-47-51-42(28-64(47)53(68)43(44)29-73-54(57)69)40-21-37(20-39-31(4)45(58)24-46(59-51)50(39)40)74-56(71)63-17-15-33(16-18-63)19-32-7-9-34(10-8-32)26-62(5)27-35-11-13-36(14-12-35)65-52(60-61-55(65)70)41-22-38(30(2)3)48(66)25-49(41)67/h7-14,22-25,30,33,37,66-67,72H,6,15-21,26-29H2,1-5H3,(H,61,70)/t37?,57-/m0/s1. The number of fused-ring (bicyclic) bond motifs is 5. The third-order valence-electron chi connectivity index (χ3n) is 15.7. The van der Waals surface area contributed by atoms with Crippen LogP contribution in [-0.4, -0.2) is 87.7 Å². The van der Waals surface area contributed by atoms with E-state index in [1.807, 2.05) is 38.1 Å². The van der Waals surface area contributed by atoms with Crippen molar-refractivity contribution in [2.45, 2.75) is 110 Å². The Kier molecular flexibility index (Phi) is 12.3. The molecule has 0 bridgehead atoms. The molecule has 1 aliphatic carbocycles. The van der Waals surface area contributed by atoms with Crippen LogP contribution >= 0.6 is 0 Å². The molecular weight excluding hydrogens is 946 g/mol. The molecular formula is C57H58FN7O9. The van der Waals surface area contributed by atoms with Crippen LogP contribution in [0.4, 0.5) is 9.18 Å². The largest absolute Gasteiger partial charge is 0.508 e. The minimum atomic E-state index is -1.98. The molecule has 2 atom stereocenters.